The van der Waals surface area contributed by atoms with E-state index in [-0.39, 0.29) is 23.7 Å². The Hall–Kier alpha value is -3.40. The third-order valence-electron chi connectivity index (χ3n) is 6.25. The average Bonchev–Trinajstić information content (AvgIpc) is 2.86. The molecular formula is C28H30N2O2. The zero-order valence-corrected chi connectivity index (χ0v) is 18.3. The largest absolute Gasteiger partial charge is 0.356 e. The van der Waals surface area contributed by atoms with E-state index in [1.807, 2.05) is 83.8 Å². The molecule has 1 saturated heterocycles. The zero-order valence-electron chi connectivity index (χ0n) is 18.3. The predicted molar refractivity (Wildman–Crippen MR) is 127 cm³/mol. The highest BCUT2D eigenvalue weighted by Crippen LogP contribution is 2.29. The second-order valence-electron chi connectivity index (χ2n) is 8.38. The van der Waals surface area contributed by atoms with Gasteiger partial charge in [0.1, 0.15) is 0 Å². The van der Waals surface area contributed by atoms with Gasteiger partial charge in [-0.3, -0.25) is 9.59 Å². The Kier molecular flexibility index (Phi) is 7.34. The van der Waals surface area contributed by atoms with Crippen molar-refractivity contribution in [2.75, 3.05) is 19.6 Å². The maximum absolute atomic E-state index is 13.5. The van der Waals surface area contributed by atoms with Gasteiger partial charge in [0.15, 0.2) is 0 Å². The Labute approximate surface area is 190 Å². The highest BCUT2D eigenvalue weighted by Gasteiger charge is 2.32. The maximum Gasteiger partial charge on any atom is 0.234 e. The highest BCUT2D eigenvalue weighted by atomic mass is 16.2. The molecule has 1 N–H and O–H groups in total. The quantitative estimate of drug-likeness (QED) is 0.608. The standard InChI is InChI=1S/C28H30N2O2/c31-27(29-19-16-22-10-4-1-5-11-22)25-17-20-30(21-18-25)28(32)26(23-12-6-2-7-13-23)24-14-8-3-9-15-24/h1-15,25-26H,16-21H2,(H,29,31). The number of carbonyl (C=O) groups is 2. The van der Waals surface area contributed by atoms with Crippen molar-refractivity contribution in [2.24, 2.45) is 5.92 Å². The van der Waals surface area contributed by atoms with Gasteiger partial charge >= 0.3 is 0 Å². The lowest BCUT2D eigenvalue weighted by Gasteiger charge is -2.34. The van der Waals surface area contributed by atoms with E-state index < -0.39 is 0 Å². The number of hydrogen-bond donors (Lipinski definition) is 1. The fourth-order valence-corrected chi connectivity index (χ4v) is 4.43. The Morgan fingerprint density at radius 2 is 1.28 bits per heavy atom. The number of carbonyl (C=O) groups excluding carboxylic acids is 2. The molecule has 0 spiro atoms. The molecule has 0 aliphatic carbocycles. The minimum absolute atomic E-state index is 0.0262. The number of benzene rings is 3. The number of hydrogen-bond acceptors (Lipinski definition) is 2. The van der Waals surface area contributed by atoms with E-state index in [0.29, 0.717) is 32.5 Å². The van der Waals surface area contributed by atoms with Crippen LogP contribution in [0, 0.1) is 5.92 Å². The van der Waals surface area contributed by atoms with Gasteiger partial charge in [-0.25, -0.2) is 0 Å². The Morgan fingerprint density at radius 1 is 0.781 bits per heavy atom. The lowest BCUT2D eigenvalue weighted by atomic mass is 9.88. The van der Waals surface area contributed by atoms with Gasteiger partial charge in [-0.15, -0.1) is 0 Å². The number of likely N-dealkylation sites (tertiary alicyclic amines) is 1. The predicted octanol–water partition coefficient (Wildman–Crippen LogP) is 4.42. The average molecular weight is 427 g/mol. The van der Waals surface area contributed by atoms with Crippen LogP contribution in [-0.4, -0.2) is 36.3 Å². The molecule has 1 fully saturated rings. The van der Waals surface area contributed by atoms with Crippen LogP contribution in [-0.2, 0) is 16.0 Å². The number of nitrogens with zero attached hydrogens (tertiary/aromatic N) is 1. The van der Waals surface area contributed by atoms with Crippen molar-refractivity contribution in [3.05, 3.63) is 108 Å². The van der Waals surface area contributed by atoms with Crippen molar-refractivity contribution in [1.29, 1.82) is 0 Å². The molecule has 2 amide bonds. The molecule has 0 radical (unpaired) electrons. The summed E-state index contributed by atoms with van der Waals surface area (Å²) < 4.78 is 0. The van der Waals surface area contributed by atoms with E-state index in [9.17, 15) is 9.59 Å². The molecular weight excluding hydrogens is 396 g/mol. The molecule has 1 aliphatic heterocycles. The zero-order chi connectivity index (χ0) is 22.2. The van der Waals surface area contributed by atoms with E-state index in [0.717, 1.165) is 17.5 Å². The van der Waals surface area contributed by atoms with Crippen molar-refractivity contribution < 1.29 is 9.59 Å². The molecule has 164 valence electrons. The molecule has 0 unspecified atom stereocenters. The summed E-state index contributed by atoms with van der Waals surface area (Å²) in [6.45, 7) is 1.88. The SMILES string of the molecule is O=C(NCCc1ccccc1)C1CCN(C(=O)C(c2ccccc2)c2ccccc2)CC1. The van der Waals surface area contributed by atoms with Gasteiger partial charge in [0.25, 0.3) is 0 Å². The Balaban J connectivity index is 1.34. The number of nitrogens with one attached hydrogen (secondary N) is 1. The first-order chi connectivity index (χ1) is 15.7. The van der Waals surface area contributed by atoms with Crippen LogP contribution < -0.4 is 5.32 Å². The third kappa shape index (κ3) is 5.44. The van der Waals surface area contributed by atoms with Gasteiger partial charge in [-0.05, 0) is 36.0 Å². The first kappa shape index (κ1) is 21.8. The van der Waals surface area contributed by atoms with Crippen molar-refractivity contribution in [1.82, 2.24) is 10.2 Å². The lowest BCUT2D eigenvalue weighted by molar-refractivity contribution is -0.136. The molecule has 0 aromatic heterocycles. The molecule has 3 aromatic rings. The van der Waals surface area contributed by atoms with E-state index in [2.05, 4.69) is 17.4 Å². The van der Waals surface area contributed by atoms with Gasteiger partial charge in [0.05, 0.1) is 5.92 Å². The normalized spacial score (nSPS) is 14.3. The Morgan fingerprint density at radius 3 is 1.81 bits per heavy atom. The highest BCUT2D eigenvalue weighted by molar-refractivity contribution is 5.87. The fraction of sp³-hybridized carbons (Fsp3) is 0.286. The third-order valence-corrected chi connectivity index (χ3v) is 6.25. The van der Waals surface area contributed by atoms with Crippen LogP contribution in [0.25, 0.3) is 0 Å². The van der Waals surface area contributed by atoms with E-state index >= 15 is 0 Å². The number of rotatable bonds is 7. The number of piperidine rings is 1. The van der Waals surface area contributed by atoms with Gasteiger partial charge in [-0.2, -0.15) is 0 Å². The van der Waals surface area contributed by atoms with Crippen LogP contribution in [0.15, 0.2) is 91.0 Å². The van der Waals surface area contributed by atoms with Crippen LogP contribution in [0.3, 0.4) is 0 Å². The summed E-state index contributed by atoms with van der Waals surface area (Å²) >= 11 is 0. The summed E-state index contributed by atoms with van der Waals surface area (Å²) in [5.74, 6) is -0.114. The fourth-order valence-electron chi connectivity index (χ4n) is 4.43. The molecule has 0 bridgehead atoms. The molecule has 0 saturated carbocycles. The second kappa shape index (κ2) is 10.8. The van der Waals surface area contributed by atoms with Gasteiger partial charge in [-0.1, -0.05) is 91.0 Å². The van der Waals surface area contributed by atoms with E-state index in [4.69, 9.17) is 0 Å². The summed E-state index contributed by atoms with van der Waals surface area (Å²) in [7, 11) is 0. The summed E-state index contributed by atoms with van der Waals surface area (Å²) in [6.07, 6.45) is 2.25. The van der Waals surface area contributed by atoms with Crippen molar-refractivity contribution in [3.8, 4) is 0 Å². The summed E-state index contributed by atoms with van der Waals surface area (Å²) in [4.78, 5) is 28.1. The molecule has 4 heteroatoms. The summed E-state index contributed by atoms with van der Waals surface area (Å²) in [5.41, 5.74) is 3.23. The van der Waals surface area contributed by atoms with Crippen LogP contribution in [0.4, 0.5) is 0 Å². The van der Waals surface area contributed by atoms with Crippen LogP contribution >= 0.6 is 0 Å². The molecule has 0 atom stereocenters. The summed E-state index contributed by atoms with van der Waals surface area (Å²) in [6, 6.07) is 30.1. The molecule has 4 nitrogen and oxygen atoms in total. The van der Waals surface area contributed by atoms with Crippen LogP contribution in [0.1, 0.15) is 35.4 Å². The minimum atomic E-state index is -0.311. The van der Waals surface area contributed by atoms with E-state index in [1.54, 1.807) is 0 Å². The second-order valence-corrected chi connectivity index (χ2v) is 8.38. The monoisotopic (exact) mass is 426 g/mol. The van der Waals surface area contributed by atoms with Crippen LogP contribution in [0.2, 0.25) is 0 Å². The molecule has 1 aliphatic rings. The topological polar surface area (TPSA) is 49.4 Å². The van der Waals surface area contributed by atoms with Crippen molar-refractivity contribution in [3.63, 3.8) is 0 Å². The maximum atomic E-state index is 13.5. The van der Waals surface area contributed by atoms with Gasteiger partial charge in [0.2, 0.25) is 11.8 Å². The first-order valence-corrected chi connectivity index (χ1v) is 11.4. The van der Waals surface area contributed by atoms with E-state index in [1.165, 1.54) is 5.56 Å². The van der Waals surface area contributed by atoms with Crippen molar-refractivity contribution in [2.45, 2.75) is 25.2 Å². The molecule has 32 heavy (non-hydrogen) atoms. The number of amides is 2. The van der Waals surface area contributed by atoms with Crippen LogP contribution in [0.5, 0.6) is 0 Å². The van der Waals surface area contributed by atoms with Gasteiger partial charge in [0, 0.05) is 25.6 Å². The van der Waals surface area contributed by atoms with Gasteiger partial charge < -0.3 is 10.2 Å². The Bertz CT molecular complexity index is 958. The molecule has 1 heterocycles. The van der Waals surface area contributed by atoms with Crippen molar-refractivity contribution >= 4 is 11.8 Å². The lowest BCUT2D eigenvalue weighted by Crippen LogP contribution is -2.45. The molecule has 3 aromatic carbocycles. The molecule has 4 rings (SSSR count). The first-order valence-electron chi connectivity index (χ1n) is 11.4. The smallest absolute Gasteiger partial charge is 0.234 e. The summed E-state index contributed by atoms with van der Waals surface area (Å²) in [5, 5.41) is 3.08. The minimum Gasteiger partial charge on any atom is -0.356 e.